The summed E-state index contributed by atoms with van der Waals surface area (Å²) in [5.41, 5.74) is 14.4. The number of carbonyl (C=O) groups excluding carboxylic acids is 1. The van der Waals surface area contributed by atoms with Crippen molar-refractivity contribution in [3.8, 4) is 5.69 Å². The molecular formula is C12H13BrN4O. The van der Waals surface area contributed by atoms with E-state index in [1.807, 2.05) is 13.8 Å². The number of primary amides is 1. The smallest absolute Gasteiger partial charge is 0.250 e. The lowest BCUT2D eigenvalue weighted by Crippen LogP contribution is -2.15. The van der Waals surface area contributed by atoms with Crippen LogP contribution in [0.1, 0.15) is 21.7 Å². The molecule has 0 unspecified atom stereocenters. The fourth-order valence-electron chi connectivity index (χ4n) is 1.78. The van der Waals surface area contributed by atoms with Gasteiger partial charge in [0, 0.05) is 4.47 Å². The maximum atomic E-state index is 11.4. The quantitative estimate of drug-likeness (QED) is 0.888. The van der Waals surface area contributed by atoms with Crippen LogP contribution in [0, 0.1) is 13.8 Å². The van der Waals surface area contributed by atoms with Crippen molar-refractivity contribution in [3.05, 3.63) is 39.6 Å². The van der Waals surface area contributed by atoms with Gasteiger partial charge in [-0.1, -0.05) is 15.9 Å². The normalized spacial score (nSPS) is 10.6. The molecule has 2 aromatic rings. The summed E-state index contributed by atoms with van der Waals surface area (Å²) in [7, 11) is 0. The Bertz CT molecular complexity index is 633. The zero-order valence-corrected chi connectivity index (χ0v) is 11.7. The molecule has 0 radical (unpaired) electrons. The fraction of sp³-hybridized carbons (Fsp3) is 0.167. The van der Waals surface area contributed by atoms with E-state index in [1.165, 1.54) is 0 Å². The molecule has 1 aromatic carbocycles. The van der Waals surface area contributed by atoms with E-state index in [1.54, 1.807) is 22.9 Å². The van der Waals surface area contributed by atoms with E-state index in [9.17, 15) is 4.79 Å². The maximum Gasteiger partial charge on any atom is 0.250 e. The Hall–Kier alpha value is -1.82. The summed E-state index contributed by atoms with van der Waals surface area (Å²) in [5.74, 6) is -0.497. The summed E-state index contributed by atoms with van der Waals surface area (Å²) in [6, 6.07) is 5.21. The van der Waals surface area contributed by atoms with Crippen molar-refractivity contribution < 1.29 is 4.79 Å². The number of carbonyl (C=O) groups is 1. The van der Waals surface area contributed by atoms with Crippen LogP contribution in [0.15, 0.2) is 22.7 Å². The lowest BCUT2D eigenvalue weighted by Gasteiger charge is -2.09. The highest BCUT2D eigenvalue weighted by atomic mass is 79.9. The minimum Gasteiger partial charge on any atom is -0.396 e. The van der Waals surface area contributed by atoms with Crippen molar-refractivity contribution in [2.75, 3.05) is 5.73 Å². The van der Waals surface area contributed by atoms with E-state index < -0.39 is 5.91 Å². The number of rotatable bonds is 2. The molecule has 0 saturated carbocycles. The fourth-order valence-corrected chi connectivity index (χ4v) is 2.13. The second-order valence-corrected chi connectivity index (χ2v) is 4.94. The zero-order valence-electron chi connectivity index (χ0n) is 10.1. The summed E-state index contributed by atoms with van der Waals surface area (Å²) in [6.45, 7) is 3.67. The number of anilines is 1. The van der Waals surface area contributed by atoms with Gasteiger partial charge in [0.15, 0.2) is 0 Å². The molecular weight excluding hydrogens is 296 g/mol. The van der Waals surface area contributed by atoms with E-state index in [-0.39, 0.29) is 0 Å². The third-order valence-electron chi connectivity index (χ3n) is 2.80. The molecule has 0 aliphatic heterocycles. The van der Waals surface area contributed by atoms with Crippen LogP contribution < -0.4 is 11.5 Å². The van der Waals surface area contributed by atoms with Crippen molar-refractivity contribution in [2.45, 2.75) is 13.8 Å². The second kappa shape index (κ2) is 4.45. The number of hydrogen-bond donors (Lipinski definition) is 2. The summed E-state index contributed by atoms with van der Waals surface area (Å²) >= 11 is 3.37. The van der Waals surface area contributed by atoms with Gasteiger partial charge in [-0.2, -0.15) is 5.10 Å². The van der Waals surface area contributed by atoms with Crippen LogP contribution in [0.2, 0.25) is 0 Å². The Morgan fingerprint density at radius 3 is 2.56 bits per heavy atom. The predicted octanol–water partition coefficient (Wildman–Crippen LogP) is 1.93. The number of aromatic nitrogens is 2. The third-order valence-corrected chi connectivity index (χ3v) is 3.29. The van der Waals surface area contributed by atoms with Crippen LogP contribution in [0.3, 0.4) is 0 Å². The van der Waals surface area contributed by atoms with Gasteiger partial charge in [-0.3, -0.25) is 4.79 Å². The van der Waals surface area contributed by atoms with Gasteiger partial charge in [-0.05, 0) is 32.0 Å². The van der Waals surface area contributed by atoms with Crippen molar-refractivity contribution in [3.63, 3.8) is 0 Å². The Morgan fingerprint density at radius 1 is 1.39 bits per heavy atom. The van der Waals surface area contributed by atoms with Gasteiger partial charge in [0.1, 0.15) is 0 Å². The molecule has 94 valence electrons. The summed E-state index contributed by atoms with van der Waals surface area (Å²) in [6.07, 6.45) is 0. The summed E-state index contributed by atoms with van der Waals surface area (Å²) in [5, 5.41) is 4.33. The van der Waals surface area contributed by atoms with E-state index in [4.69, 9.17) is 11.5 Å². The van der Waals surface area contributed by atoms with Crippen LogP contribution in [0.4, 0.5) is 5.69 Å². The zero-order chi connectivity index (χ0) is 13.4. The van der Waals surface area contributed by atoms with Gasteiger partial charge < -0.3 is 11.5 Å². The largest absolute Gasteiger partial charge is 0.396 e. The Morgan fingerprint density at radius 2 is 2.06 bits per heavy atom. The van der Waals surface area contributed by atoms with Gasteiger partial charge in [0.2, 0.25) is 0 Å². The molecule has 1 amide bonds. The van der Waals surface area contributed by atoms with E-state index in [0.717, 1.165) is 15.9 Å². The van der Waals surface area contributed by atoms with E-state index in [0.29, 0.717) is 16.9 Å². The second-order valence-electron chi connectivity index (χ2n) is 4.02. The molecule has 5 nitrogen and oxygen atoms in total. The average Bonchev–Trinajstić information content (AvgIpc) is 2.56. The first-order chi connectivity index (χ1) is 8.41. The lowest BCUT2D eigenvalue weighted by atomic mass is 10.1. The number of nitrogens with zero attached hydrogens (tertiary/aromatic N) is 2. The Labute approximate surface area is 113 Å². The lowest BCUT2D eigenvalue weighted by molar-refractivity contribution is 0.1000. The molecule has 0 aliphatic carbocycles. The predicted molar refractivity (Wildman–Crippen MR) is 73.7 cm³/mol. The van der Waals surface area contributed by atoms with Crippen molar-refractivity contribution in [1.82, 2.24) is 9.78 Å². The third kappa shape index (κ3) is 1.99. The number of benzene rings is 1. The molecule has 1 aromatic heterocycles. The Kier molecular flexibility index (Phi) is 3.13. The average molecular weight is 309 g/mol. The monoisotopic (exact) mass is 308 g/mol. The first-order valence-electron chi connectivity index (χ1n) is 5.33. The number of halogens is 1. The summed E-state index contributed by atoms with van der Waals surface area (Å²) in [4.78, 5) is 11.4. The molecule has 0 aliphatic rings. The van der Waals surface area contributed by atoms with Crippen LogP contribution in [0.25, 0.3) is 5.69 Å². The SMILES string of the molecule is Cc1nn(-c2cc(Br)ccc2C(N)=O)c(C)c1N. The molecule has 0 spiro atoms. The molecule has 2 rings (SSSR count). The number of nitrogens with two attached hydrogens (primary N) is 2. The topological polar surface area (TPSA) is 86.9 Å². The minimum absolute atomic E-state index is 0.406. The van der Waals surface area contributed by atoms with Gasteiger partial charge in [0.05, 0.1) is 28.3 Å². The van der Waals surface area contributed by atoms with Gasteiger partial charge >= 0.3 is 0 Å². The number of nitrogen functional groups attached to an aromatic ring is 1. The molecule has 6 heteroatoms. The van der Waals surface area contributed by atoms with Crippen molar-refractivity contribution >= 4 is 27.5 Å². The van der Waals surface area contributed by atoms with Gasteiger partial charge in [-0.15, -0.1) is 0 Å². The molecule has 18 heavy (non-hydrogen) atoms. The highest BCUT2D eigenvalue weighted by molar-refractivity contribution is 9.10. The molecule has 4 N–H and O–H groups in total. The first-order valence-corrected chi connectivity index (χ1v) is 6.12. The van der Waals surface area contributed by atoms with Crippen molar-refractivity contribution in [1.29, 1.82) is 0 Å². The van der Waals surface area contributed by atoms with Crippen molar-refractivity contribution in [2.24, 2.45) is 5.73 Å². The highest BCUT2D eigenvalue weighted by Gasteiger charge is 2.15. The van der Waals surface area contributed by atoms with Crippen LogP contribution in [-0.4, -0.2) is 15.7 Å². The molecule has 0 fully saturated rings. The standard InChI is InChI=1S/C12H13BrN4O/c1-6-11(14)7(2)17(16-6)10-5-8(13)3-4-9(10)12(15)18/h3-5H,14H2,1-2H3,(H2,15,18). The molecule has 0 atom stereocenters. The minimum atomic E-state index is -0.497. The van der Waals surface area contributed by atoms with Gasteiger partial charge in [0.25, 0.3) is 5.91 Å². The van der Waals surface area contributed by atoms with E-state index in [2.05, 4.69) is 21.0 Å². The highest BCUT2D eigenvalue weighted by Crippen LogP contribution is 2.24. The summed E-state index contributed by atoms with van der Waals surface area (Å²) < 4.78 is 2.48. The number of hydrogen-bond acceptors (Lipinski definition) is 3. The number of aryl methyl sites for hydroxylation is 1. The number of amides is 1. The maximum absolute atomic E-state index is 11.4. The van der Waals surface area contributed by atoms with Crippen LogP contribution in [0.5, 0.6) is 0 Å². The molecule has 0 saturated heterocycles. The van der Waals surface area contributed by atoms with Crippen LogP contribution >= 0.6 is 15.9 Å². The Balaban J connectivity index is 2.73. The van der Waals surface area contributed by atoms with Gasteiger partial charge in [-0.25, -0.2) is 4.68 Å². The molecule has 0 bridgehead atoms. The van der Waals surface area contributed by atoms with E-state index >= 15 is 0 Å². The molecule has 1 heterocycles. The van der Waals surface area contributed by atoms with Crippen LogP contribution in [-0.2, 0) is 0 Å². The first kappa shape index (κ1) is 12.6.